The van der Waals surface area contributed by atoms with Gasteiger partial charge >= 0.3 is 0 Å². The lowest BCUT2D eigenvalue weighted by molar-refractivity contribution is -0.128. The average molecular weight is 328 g/mol. The smallest absolute Gasteiger partial charge is 0.246 e. The molecule has 0 aromatic carbocycles. The second kappa shape index (κ2) is 8.06. The van der Waals surface area contributed by atoms with E-state index < -0.39 is 5.41 Å². The molecule has 0 fully saturated rings. The van der Waals surface area contributed by atoms with E-state index in [1.165, 1.54) is 11.3 Å². The van der Waals surface area contributed by atoms with E-state index in [1.54, 1.807) is 5.38 Å². The van der Waals surface area contributed by atoms with Crippen molar-refractivity contribution in [2.45, 2.75) is 44.9 Å². The summed E-state index contributed by atoms with van der Waals surface area (Å²) in [6.45, 7) is 4.13. The molecule has 1 aromatic heterocycles. The average Bonchev–Trinajstić information content (AvgIpc) is 2.93. The number of nitrogens with zero attached hydrogens (tertiary/aromatic N) is 1. The molecule has 0 spiro atoms. The van der Waals surface area contributed by atoms with Gasteiger partial charge in [-0.1, -0.05) is 13.8 Å². The molecule has 0 saturated carbocycles. The lowest BCUT2D eigenvalue weighted by atomic mass is 9.74. The van der Waals surface area contributed by atoms with Crippen LogP contribution in [-0.2, 0) is 15.0 Å². The number of amides is 2. The van der Waals surface area contributed by atoms with Crippen LogP contribution in [0.4, 0.5) is 5.13 Å². The number of rotatable bonds is 8. The molecular formula is C13H24N6O2S. The van der Waals surface area contributed by atoms with Gasteiger partial charge in [0.15, 0.2) is 5.13 Å². The number of nitrogens with two attached hydrogens (primary N) is 3. The zero-order valence-electron chi connectivity index (χ0n) is 12.9. The van der Waals surface area contributed by atoms with Gasteiger partial charge in [-0.3, -0.25) is 20.4 Å². The predicted octanol–water partition coefficient (Wildman–Crippen LogP) is 0.159. The Balaban J connectivity index is 3.16. The highest BCUT2D eigenvalue weighted by molar-refractivity contribution is 7.13. The summed E-state index contributed by atoms with van der Waals surface area (Å²) in [5, 5.41) is 2.11. The number of hydrazine groups is 2. The van der Waals surface area contributed by atoms with Gasteiger partial charge < -0.3 is 5.73 Å². The van der Waals surface area contributed by atoms with E-state index in [4.69, 9.17) is 17.4 Å². The molecule has 0 radical (unpaired) electrons. The van der Waals surface area contributed by atoms with Crippen LogP contribution in [0, 0.1) is 5.92 Å². The van der Waals surface area contributed by atoms with Crippen molar-refractivity contribution in [2.75, 3.05) is 5.73 Å². The number of anilines is 1. The third-order valence-corrected chi connectivity index (χ3v) is 4.34. The van der Waals surface area contributed by atoms with Crippen LogP contribution >= 0.6 is 11.3 Å². The highest BCUT2D eigenvalue weighted by Gasteiger charge is 2.42. The van der Waals surface area contributed by atoms with Crippen molar-refractivity contribution in [3.05, 3.63) is 11.1 Å². The van der Waals surface area contributed by atoms with E-state index in [1.807, 2.05) is 0 Å². The van der Waals surface area contributed by atoms with E-state index in [-0.39, 0.29) is 24.7 Å². The van der Waals surface area contributed by atoms with Crippen LogP contribution < -0.4 is 28.3 Å². The third-order valence-electron chi connectivity index (χ3n) is 3.67. The van der Waals surface area contributed by atoms with Gasteiger partial charge in [0.1, 0.15) is 0 Å². The molecule has 9 heteroatoms. The van der Waals surface area contributed by atoms with Crippen LogP contribution in [0.2, 0.25) is 0 Å². The maximum absolute atomic E-state index is 12.5. The Labute approximate surface area is 133 Å². The molecule has 2 amide bonds. The molecule has 1 atom stereocenters. The molecule has 0 aliphatic heterocycles. The zero-order valence-corrected chi connectivity index (χ0v) is 13.7. The second-order valence-corrected chi connectivity index (χ2v) is 6.52. The number of nitrogens with one attached hydrogen (secondary N) is 2. The van der Waals surface area contributed by atoms with Gasteiger partial charge in [-0.15, -0.1) is 11.3 Å². The summed E-state index contributed by atoms with van der Waals surface area (Å²) in [5.74, 6) is 10.2. The standard InChI is InChI=1S/C13H24N6O2S/c1-8(2)3-5-13(11(21)19-16,6-4-10(20)18-15)9-7-22-12(14)17-9/h7-8H,3-6,15-16H2,1-2H3,(H2,14,17)(H,18,20)(H,19,21). The Morgan fingerprint density at radius 3 is 2.45 bits per heavy atom. The van der Waals surface area contributed by atoms with Crippen molar-refractivity contribution in [3.8, 4) is 0 Å². The van der Waals surface area contributed by atoms with Crippen LogP contribution in [0.3, 0.4) is 0 Å². The number of carbonyl (C=O) groups is 2. The first-order valence-electron chi connectivity index (χ1n) is 7.07. The fraction of sp³-hybridized carbons (Fsp3) is 0.615. The first-order valence-corrected chi connectivity index (χ1v) is 7.95. The van der Waals surface area contributed by atoms with E-state index in [0.29, 0.717) is 23.2 Å². The van der Waals surface area contributed by atoms with Crippen LogP contribution in [0.5, 0.6) is 0 Å². The maximum Gasteiger partial charge on any atom is 0.246 e. The first-order chi connectivity index (χ1) is 10.4. The van der Waals surface area contributed by atoms with Crippen LogP contribution in [-0.4, -0.2) is 16.8 Å². The highest BCUT2D eigenvalue weighted by atomic mass is 32.1. The summed E-state index contributed by atoms with van der Waals surface area (Å²) in [6.07, 6.45) is 1.66. The van der Waals surface area contributed by atoms with E-state index in [2.05, 4.69) is 29.7 Å². The molecule has 1 unspecified atom stereocenters. The topological polar surface area (TPSA) is 149 Å². The Bertz CT molecular complexity index is 518. The minimum Gasteiger partial charge on any atom is -0.375 e. The van der Waals surface area contributed by atoms with E-state index in [0.717, 1.165) is 6.42 Å². The molecule has 0 aliphatic carbocycles. The minimum absolute atomic E-state index is 0.0967. The zero-order chi connectivity index (χ0) is 16.8. The van der Waals surface area contributed by atoms with Gasteiger partial charge in [0.05, 0.1) is 11.1 Å². The fourth-order valence-electron chi connectivity index (χ4n) is 2.30. The third kappa shape index (κ3) is 4.39. The quantitative estimate of drug-likeness (QED) is 0.261. The molecule has 0 bridgehead atoms. The van der Waals surface area contributed by atoms with Gasteiger partial charge in [-0.25, -0.2) is 16.7 Å². The van der Waals surface area contributed by atoms with Gasteiger partial charge in [0.2, 0.25) is 11.8 Å². The summed E-state index contributed by atoms with van der Waals surface area (Å²) in [5.41, 5.74) is 9.53. The predicted molar refractivity (Wildman–Crippen MR) is 86.2 cm³/mol. The van der Waals surface area contributed by atoms with Gasteiger partial charge in [-0.2, -0.15) is 0 Å². The fourth-order valence-corrected chi connectivity index (χ4v) is 2.97. The first kappa shape index (κ1) is 18.3. The van der Waals surface area contributed by atoms with Crippen LogP contribution in [0.25, 0.3) is 0 Å². The molecular weight excluding hydrogens is 304 g/mol. The van der Waals surface area contributed by atoms with Crippen molar-refractivity contribution in [3.63, 3.8) is 0 Å². The van der Waals surface area contributed by atoms with E-state index in [9.17, 15) is 9.59 Å². The number of aromatic nitrogens is 1. The maximum atomic E-state index is 12.5. The Kier molecular flexibility index (Phi) is 6.72. The largest absolute Gasteiger partial charge is 0.375 e. The Morgan fingerprint density at radius 1 is 1.32 bits per heavy atom. The number of hydrogen-bond acceptors (Lipinski definition) is 7. The summed E-state index contributed by atoms with van der Waals surface area (Å²) in [7, 11) is 0. The SMILES string of the molecule is CC(C)CCC(CCC(=O)NN)(C(=O)NN)c1csc(N)n1. The lowest BCUT2D eigenvalue weighted by Crippen LogP contribution is -2.48. The second-order valence-electron chi connectivity index (χ2n) is 5.63. The summed E-state index contributed by atoms with van der Waals surface area (Å²) < 4.78 is 0. The normalized spacial score (nSPS) is 13.7. The molecule has 1 heterocycles. The Hall–Kier alpha value is -1.71. The van der Waals surface area contributed by atoms with Crippen LogP contribution in [0.1, 0.15) is 45.2 Å². The van der Waals surface area contributed by atoms with E-state index >= 15 is 0 Å². The van der Waals surface area contributed by atoms with Crippen LogP contribution in [0.15, 0.2) is 5.38 Å². The van der Waals surface area contributed by atoms with Gasteiger partial charge in [-0.05, 0) is 25.2 Å². The molecule has 124 valence electrons. The molecule has 0 saturated heterocycles. The van der Waals surface area contributed by atoms with Gasteiger partial charge in [0.25, 0.3) is 0 Å². The molecule has 1 aromatic rings. The van der Waals surface area contributed by atoms with Crippen molar-refractivity contribution in [1.29, 1.82) is 0 Å². The molecule has 8 N–H and O–H groups in total. The monoisotopic (exact) mass is 328 g/mol. The lowest BCUT2D eigenvalue weighted by Gasteiger charge is -2.31. The van der Waals surface area contributed by atoms with Crippen molar-refractivity contribution < 1.29 is 9.59 Å². The Morgan fingerprint density at radius 2 is 2.00 bits per heavy atom. The van der Waals surface area contributed by atoms with Crippen molar-refractivity contribution >= 4 is 28.3 Å². The summed E-state index contributed by atoms with van der Waals surface area (Å²) >= 11 is 1.25. The molecule has 1 rings (SSSR count). The molecule has 22 heavy (non-hydrogen) atoms. The number of nitrogen functional groups attached to an aromatic ring is 1. The van der Waals surface area contributed by atoms with Crippen molar-refractivity contribution in [1.82, 2.24) is 15.8 Å². The van der Waals surface area contributed by atoms with Gasteiger partial charge in [0, 0.05) is 11.8 Å². The number of carbonyl (C=O) groups excluding carboxylic acids is 2. The highest BCUT2D eigenvalue weighted by Crippen LogP contribution is 2.37. The molecule has 0 aliphatic rings. The minimum atomic E-state index is -0.986. The summed E-state index contributed by atoms with van der Waals surface area (Å²) in [4.78, 5) is 28.2. The molecule has 8 nitrogen and oxygen atoms in total. The summed E-state index contributed by atoms with van der Waals surface area (Å²) in [6, 6.07) is 0. The number of thiazole rings is 1. The van der Waals surface area contributed by atoms with Crippen molar-refractivity contribution in [2.24, 2.45) is 17.6 Å². The number of hydrogen-bond donors (Lipinski definition) is 5.